The lowest BCUT2D eigenvalue weighted by Crippen LogP contribution is -2.45. The fraction of sp³-hybridized carbons (Fsp3) is 0.280. The summed E-state index contributed by atoms with van der Waals surface area (Å²) in [5, 5.41) is 5.88. The molecule has 192 valence electrons. The fourth-order valence-corrected chi connectivity index (χ4v) is 5.92. The van der Waals surface area contributed by atoms with Crippen LogP contribution in [0.4, 0.5) is 30.2 Å². The van der Waals surface area contributed by atoms with Crippen LogP contribution in [0.5, 0.6) is 0 Å². The molecule has 1 aliphatic rings. The van der Waals surface area contributed by atoms with Crippen LogP contribution < -0.4 is 15.4 Å². The number of hydrogen-bond donors (Lipinski definition) is 3. The van der Waals surface area contributed by atoms with Crippen LogP contribution in [0, 0.1) is 26.9 Å². The molecule has 1 unspecified atom stereocenters. The Kier molecular flexibility index (Phi) is 8.75. The van der Waals surface area contributed by atoms with Crippen LogP contribution >= 0.6 is 22.6 Å². The van der Waals surface area contributed by atoms with Crippen LogP contribution in [0.25, 0.3) is 0 Å². The molecular weight excluding hydrogens is 604 g/mol. The van der Waals surface area contributed by atoms with Gasteiger partial charge in [0.25, 0.3) is 0 Å². The van der Waals surface area contributed by atoms with E-state index in [1.807, 2.05) is 52.9 Å². The third kappa shape index (κ3) is 6.69. The van der Waals surface area contributed by atoms with Gasteiger partial charge in [-0.1, -0.05) is 30.3 Å². The van der Waals surface area contributed by atoms with Crippen molar-refractivity contribution in [3.8, 4) is 0 Å². The highest BCUT2D eigenvalue weighted by molar-refractivity contribution is 14.1. The Bertz CT molecular complexity index is 1310. The molecule has 0 amide bonds. The first-order chi connectivity index (χ1) is 17.2. The highest BCUT2D eigenvalue weighted by Gasteiger charge is 2.30. The number of nitrogens with zero attached hydrogens (tertiary/aromatic N) is 1. The zero-order chi connectivity index (χ0) is 25.7. The molecule has 1 atom stereocenters. The molecule has 1 aliphatic heterocycles. The lowest BCUT2D eigenvalue weighted by Gasteiger charge is -2.32. The molecule has 3 aromatic carbocycles. The average molecular weight is 630 g/mol. The maximum absolute atomic E-state index is 14.7. The summed E-state index contributed by atoms with van der Waals surface area (Å²) in [6.45, 7) is 1.92. The van der Waals surface area contributed by atoms with Gasteiger partial charge in [-0.25, -0.2) is 13.2 Å². The number of halogens is 4. The monoisotopic (exact) mass is 630 g/mol. The maximum atomic E-state index is 14.7. The van der Waals surface area contributed by atoms with Gasteiger partial charge in [0.15, 0.2) is 11.6 Å². The molecule has 0 saturated carbocycles. The predicted molar refractivity (Wildman–Crippen MR) is 144 cm³/mol. The second kappa shape index (κ2) is 11.8. The van der Waals surface area contributed by atoms with E-state index in [2.05, 4.69) is 15.4 Å². The Balaban J connectivity index is 1.46. The molecule has 36 heavy (non-hydrogen) atoms. The molecule has 0 spiro atoms. The first-order valence-corrected chi connectivity index (χ1v) is 14.0. The molecule has 6 nitrogen and oxygen atoms in total. The van der Waals surface area contributed by atoms with Crippen LogP contribution in [0.15, 0.2) is 60.7 Å². The molecule has 0 aromatic heterocycles. The van der Waals surface area contributed by atoms with Gasteiger partial charge in [0.05, 0.1) is 11.4 Å². The van der Waals surface area contributed by atoms with Gasteiger partial charge in [-0.15, -0.1) is 0 Å². The molecule has 4 rings (SSSR count). The van der Waals surface area contributed by atoms with Gasteiger partial charge in [-0.3, -0.25) is 4.72 Å². The van der Waals surface area contributed by atoms with Crippen LogP contribution in [-0.4, -0.2) is 32.4 Å². The zero-order valence-corrected chi connectivity index (χ0v) is 22.3. The summed E-state index contributed by atoms with van der Waals surface area (Å²) in [6.07, 6.45) is 1.55. The number of hydrogen-bond acceptors (Lipinski definition) is 4. The predicted octanol–water partition coefficient (Wildman–Crippen LogP) is 5.61. The first kappa shape index (κ1) is 26.7. The Morgan fingerprint density at radius 3 is 2.47 bits per heavy atom. The van der Waals surface area contributed by atoms with Crippen LogP contribution in [-0.2, 0) is 16.8 Å². The van der Waals surface area contributed by atoms with Gasteiger partial charge < -0.3 is 10.6 Å². The number of piperidine rings is 1. The Labute approximate surface area is 222 Å². The van der Waals surface area contributed by atoms with E-state index in [1.165, 1.54) is 16.4 Å². The van der Waals surface area contributed by atoms with Gasteiger partial charge >= 0.3 is 10.2 Å². The Morgan fingerprint density at radius 2 is 1.72 bits per heavy atom. The molecule has 1 heterocycles. The lowest BCUT2D eigenvalue weighted by atomic mass is 9.99. The minimum atomic E-state index is -4.08. The zero-order valence-electron chi connectivity index (χ0n) is 19.3. The summed E-state index contributed by atoms with van der Waals surface area (Å²) in [6, 6.07) is 16.0. The van der Waals surface area contributed by atoms with E-state index in [4.69, 9.17) is 0 Å². The molecule has 0 bridgehead atoms. The van der Waals surface area contributed by atoms with Gasteiger partial charge in [0, 0.05) is 23.2 Å². The van der Waals surface area contributed by atoms with E-state index in [9.17, 15) is 21.6 Å². The summed E-state index contributed by atoms with van der Waals surface area (Å²) in [5.74, 6) is -3.08. The van der Waals surface area contributed by atoms with E-state index in [0.29, 0.717) is 29.6 Å². The minimum Gasteiger partial charge on any atom is -0.349 e. The largest absolute Gasteiger partial charge is 0.349 e. The molecule has 3 N–H and O–H groups in total. The SMILES string of the molecule is O=S(=O)(Nc1ccc(F)c(F)c1Nc1ccc(I)cc1F)N1CCCC(CNCc2ccccc2)C1. The highest BCUT2D eigenvalue weighted by Crippen LogP contribution is 2.33. The fourth-order valence-electron chi connectivity index (χ4n) is 4.12. The van der Waals surface area contributed by atoms with E-state index >= 15 is 0 Å². The van der Waals surface area contributed by atoms with Crippen LogP contribution in [0.1, 0.15) is 18.4 Å². The second-order valence-electron chi connectivity index (χ2n) is 8.62. The normalized spacial score (nSPS) is 16.6. The smallest absolute Gasteiger partial charge is 0.301 e. The standard InChI is InChI=1S/C25H26F3IN4O2S/c26-20-9-11-23(25(24(20)28)31-22-10-8-19(29)13-21(22)27)32-36(34,35)33-12-4-7-18(16-33)15-30-14-17-5-2-1-3-6-17/h1-3,5-6,8-11,13,18,30-32H,4,7,12,14-16H2. The van der Waals surface area contributed by atoms with E-state index in [1.54, 1.807) is 6.07 Å². The third-order valence-corrected chi connectivity index (χ3v) is 8.11. The highest BCUT2D eigenvalue weighted by atomic mass is 127. The number of anilines is 3. The molecule has 0 aliphatic carbocycles. The van der Waals surface area contributed by atoms with Crippen LogP contribution in [0.3, 0.4) is 0 Å². The molecule has 0 radical (unpaired) electrons. The van der Waals surface area contributed by atoms with Gasteiger partial charge in [-0.2, -0.15) is 12.7 Å². The van der Waals surface area contributed by atoms with Gasteiger partial charge in [-0.05, 0) is 83.8 Å². The number of nitrogens with one attached hydrogen (secondary N) is 3. The summed E-state index contributed by atoms with van der Waals surface area (Å²) >= 11 is 1.92. The van der Waals surface area contributed by atoms with Crippen LogP contribution in [0.2, 0.25) is 0 Å². The van der Waals surface area contributed by atoms with Crippen molar-refractivity contribution in [2.24, 2.45) is 5.92 Å². The maximum Gasteiger partial charge on any atom is 0.301 e. The average Bonchev–Trinajstić information content (AvgIpc) is 2.86. The first-order valence-electron chi connectivity index (χ1n) is 11.5. The topological polar surface area (TPSA) is 73.5 Å². The summed E-state index contributed by atoms with van der Waals surface area (Å²) < 4.78 is 73.7. The molecule has 11 heteroatoms. The summed E-state index contributed by atoms with van der Waals surface area (Å²) in [7, 11) is -4.08. The second-order valence-corrected chi connectivity index (χ2v) is 11.5. The van der Waals surface area contributed by atoms with E-state index in [0.717, 1.165) is 24.1 Å². The molecule has 1 saturated heterocycles. The summed E-state index contributed by atoms with van der Waals surface area (Å²) in [4.78, 5) is 0. The third-order valence-electron chi connectivity index (χ3n) is 5.95. The van der Waals surface area contributed by atoms with Crippen molar-refractivity contribution < 1.29 is 21.6 Å². The molecular formula is C25H26F3IN4O2S. The van der Waals surface area contributed by atoms with Gasteiger partial charge in [0.1, 0.15) is 11.5 Å². The molecule has 3 aromatic rings. The quantitative estimate of drug-likeness (QED) is 0.269. The van der Waals surface area contributed by atoms with Crippen molar-refractivity contribution in [2.45, 2.75) is 19.4 Å². The van der Waals surface area contributed by atoms with E-state index in [-0.39, 0.29) is 23.8 Å². The molecule has 1 fully saturated rings. The van der Waals surface area contributed by atoms with Crippen molar-refractivity contribution in [3.63, 3.8) is 0 Å². The Hall–Kier alpha value is -2.35. The Morgan fingerprint density at radius 1 is 0.972 bits per heavy atom. The van der Waals surface area contributed by atoms with Crippen molar-refractivity contribution in [1.29, 1.82) is 0 Å². The number of benzene rings is 3. The van der Waals surface area contributed by atoms with Crippen molar-refractivity contribution >= 4 is 49.9 Å². The lowest BCUT2D eigenvalue weighted by molar-refractivity contribution is 0.261. The van der Waals surface area contributed by atoms with Crippen molar-refractivity contribution in [1.82, 2.24) is 9.62 Å². The van der Waals surface area contributed by atoms with E-state index < -0.39 is 33.3 Å². The summed E-state index contributed by atoms with van der Waals surface area (Å²) in [5.41, 5.74) is 0.332. The van der Waals surface area contributed by atoms with Gasteiger partial charge in [0.2, 0.25) is 0 Å². The minimum absolute atomic E-state index is 0.0995. The number of rotatable bonds is 9. The van der Waals surface area contributed by atoms with Crippen molar-refractivity contribution in [3.05, 3.63) is 87.2 Å². The van der Waals surface area contributed by atoms with Crippen molar-refractivity contribution in [2.75, 3.05) is 29.7 Å².